The maximum Gasteiger partial charge on any atom is 0.416 e. The number of benzene rings is 2. The molecule has 2 aromatic carbocycles. The summed E-state index contributed by atoms with van der Waals surface area (Å²) in [6.07, 6.45) is -4.51. The van der Waals surface area contributed by atoms with Crippen LogP contribution in [0.3, 0.4) is 0 Å². The van der Waals surface area contributed by atoms with Gasteiger partial charge in [0.15, 0.2) is 0 Å². The van der Waals surface area contributed by atoms with Gasteiger partial charge < -0.3 is 20.3 Å². The maximum atomic E-state index is 13.8. The predicted molar refractivity (Wildman–Crippen MR) is 128 cm³/mol. The molecule has 0 aromatic heterocycles. The average Bonchev–Trinajstić information content (AvgIpc) is 3.22. The quantitative estimate of drug-likeness (QED) is 0.528. The number of nitrogens with zero attached hydrogens (tertiary/aromatic N) is 2. The standard InChI is InChI=1S/C26H27F3N4O4/c1-32-20-15-33(19(23(34)30-12-13-37-2)14-16-8-4-3-5-9-16)24(35)21(20)22(31-25(32)36)17-10-6-7-11-18(17)26(27,28)29/h3-11,19,22H,12-15H2,1-2H3,(H,30,34)(H,31,36). The van der Waals surface area contributed by atoms with E-state index in [2.05, 4.69) is 10.6 Å². The minimum Gasteiger partial charge on any atom is -0.383 e. The molecule has 0 aliphatic carbocycles. The van der Waals surface area contributed by atoms with Crippen molar-refractivity contribution in [3.05, 3.63) is 82.6 Å². The van der Waals surface area contributed by atoms with E-state index in [0.717, 1.165) is 11.6 Å². The topological polar surface area (TPSA) is 91.0 Å². The Morgan fingerprint density at radius 3 is 2.49 bits per heavy atom. The number of alkyl halides is 3. The van der Waals surface area contributed by atoms with Crippen LogP contribution in [0.2, 0.25) is 0 Å². The van der Waals surface area contributed by atoms with Crippen LogP contribution in [-0.2, 0) is 26.9 Å². The molecule has 37 heavy (non-hydrogen) atoms. The molecule has 4 rings (SSSR count). The Morgan fingerprint density at radius 2 is 1.81 bits per heavy atom. The molecule has 11 heteroatoms. The molecule has 2 atom stereocenters. The summed E-state index contributed by atoms with van der Waals surface area (Å²) in [7, 11) is 2.94. The second-order valence-electron chi connectivity index (χ2n) is 8.81. The zero-order chi connectivity index (χ0) is 26.7. The highest BCUT2D eigenvalue weighted by atomic mass is 19.4. The summed E-state index contributed by atoms with van der Waals surface area (Å²) in [5, 5.41) is 5.29. The molecule has 4 amide bonds. The highest BCUT2D eigenvalue weighted by molar-refractivity contribution is 6.03. The average molecular weight is 517 g/mol. The molecule has 0 bridgehead atoms. The van der Waals surface area contributed by atoms with Crippen LogP contribution in [0.15, 0.2) is 65.9 Å². The normalized spacial score (nSPS) is 18.6. The van der Waals surface area contributed by atoms with Gasteiger partial charge in [0.1, 0.15) is 6.04 Å². The van der Waals surface area contributed by atoms with Crippen molar-refractivity contribution in [1.82, 2.24) is 20.4 Å². The van der Waals surface area contributed by atoms with E-state index in [-0.39, 0.29) is 43.0 Å². The van der Waals surface area contributed by atoms with Gasteiger partial charge in [0.2, 0.25) is 5.91 Å². The molecule has 0 radical (unpaired) electrons. The first kappa shape index (κ1) is 26.2. The van der Waals surface area contributed by atoms with E-state index in [1.807, 2.05) is 30.3 Å². The molecular weight excluding hydrogens is 489 g/mol. The fourth-order valence-electron chi connectivity index (χ4n) is 4.66. The fraction of sp³-hybridized carbons (Fsp3) is 0.346. The number of hydrogen-bond donors (Lipinski definition) is 2. The van der Waals surface area contributed by atoms with E-state index in [9.17, 15) is 27.6 Å². The largest absolute Gasteiger partial charge is 0.416 e. The molecule has 2 aliphatic rings. The van der Waals surface area contributed by atoms with Gasteiger partial charge in [-0.05, 0) is 17.2 Å². The molecular formula is C26H27F3N4O4. The minimum absolute atomic E-state index is 0.0153. The summed E-state index contributed by atoms with van der Waals surface area (Å²) >= 11 is 0. The number of hydrogen-bond acceptors (Lipinski definition) is 4. The highest BCUT2D eigenvalue weighted by Gasteiger charge is 2.48. The van der Waals surface area contributed by atoms with E-state index in [4.69, 9.17) is 4.74 Å². The monoisotopic (exact) mass is 516 g/mol. The third-order valence-corrected chi connectivity index (χ3v) is 6.52. The van der Waals surface area contributed by atoms with E-state index < -0.39 is 41.7 Å². The van der Waals surface area contributed by atoms with Crippen molar-refractivity contribution in [1.29, 1.82) is 0 Å². The van der Waals surface area contributed by atoms with E-state index >= 15 is 0 Å². The Labute approximate surface area is 212 Å². The number of likely N-dealkylation sites (N-methyl/N-ethyl adjacent to an activating group) is 1. The van der Waals surface area contributed by atoms with Gasteiger partial charge in [-0.25, -0.2) is 4.79 Å². The molecule has 0 fully saturated rings. The molecule has 0 saturated heterocycles. The molecule has 196 valence electrons. The van der Waals surface area contributed by atoms with Crippen molar-refractivity contribution in [2.24, 2.45) is 0 Å². The summed E-state index contributed by atoms with van der Waals surface area (Å²) in [6.45, 7) is 0.388. The zero-order valence-electron chi connectivity index (χ0n) is 20.3. The van der Waals surface area contributed by atoms with Gasteiger partial charge in [0.05, 0.1) is 36.0 Å². The Kier molecular flexibility index (Phi) is 7.53. The number of methoxy groups -OCH3 is 1. The summed E-state index contributed by atoms with van der Waals surface area (Å²) in [5.74, 6) is -1.03. The summed E-state index contributed by atoms with van der Waals surface area (Å²) in [6, 6.07) is 11.0. The number of carbonyl (C=O) groups excluding carboxylic acids is 3. The van der Waals surface area contributed by atoms with E-state index in [0.29, 0.717) is 0 Å². The van der Waals surface area contributed by atoms with Gasteiger partial charge in [-0.3, -0.25) is 14.5 Å². The smallest absolute Gasteiger partial charge is 0.383 e. The maximum absolute atomic E-state index is 13.8. The Morgan fingerprint density at radius 1 is 1.14 bits per heavy atom. The van der Waals surface area contributed by atoms with Crippen molar-refractivity contribution in [3.8, 4) is 0 Å². The third-order valence-electron chi connectivity index (χ3n) is 6.52. The zero-order valence-corrected chi connectivity index (χ0v) is 20.3. The molecule has 2 unspecified atom stereocenters. The first-order valence-corrected chi connectivity index (χ1v) is 11.7. The second-order valence-corrected chi connectivity index (χ2v) is 8.81. The lowest BCUT2D eigenvalue weighted by atomic mass is 9.91. The fourth-order valence-corrected chi connectivity index (χ4v) is 4.66. The number of amides is 4. The first-order valence-electron chi connectivity index (χ1n) is 11.7. The van der Waals surface area contributed by atoms with Crippen LogP contribution in [-0.4, -0.2) is 67.5 Å². The van der Waals surface area contributed by atoms with Crippen LogP contribution in [0.1, 0.15) is 22.7 Å². The van der Waals surface area contributed by atoms with Crippen molar-refractivity contribution in [2.75, 3.05) is 33.9 Å². The van der Waals surface area contributed by atoms with E-state index in [1.165, 1.54) is 42.2 Å². The summed E-state index contributed by atoms with van der Waals surface area (Å²) in [5.41, 5.74) is -0.0991. The molecule has 2 aliphatic heterocycles. The van der Waals surface area contributed by atoms with Crippen LogP contribution < -0.4 is 10.6 Å². The summed E-state index contributed by atoms with van der Waals surface area (Å²) < 4.78 is 46.5. The molecule has 2 heterocycles. The lowest BCUT2D eigenvalue weighted by Gasteiger charge is -2.32. The molecule has 2 N–H and O–H groups in total. The molecule has 8 nitrogen and oxygen atoms in total. The lowest BCUT2D eigenvalue weighted by Crippen LogP contribution is -2.50. The third kappa shape index (κ3) is 5.31. The van der Waals surface area contributed by atoms with Crippen LogP contribution in [0, 0.1) is 0 Å². The molecule has 2 aromatic rings. The Bertz CT molecular complexity index is 1220. The van der Waals surface area contributed by atoms with E-state index in [1.54, 1.807) is 0 Å². The lowest BCUT2D eigenvalue weighted by molar-refractivity contribution is -0.138. The molecule has 0 spiro atoms. The van der Waals surface area contributed by atoms with Crippen LogP contribution in [0.4, 0.5) is 18.0 Å². The first-order chi connectivity index (χ1) is 17.6. The van der Waals surface area contributed by atoms with Gasteiger partial charge in [0.25, 0.3) is 5.91 Å². The van der Waals surface area contributed by atoms with Crippen LogP contribution >= 0.6 is 0 Å². The minimum atomic E-state index is -4.69. The van der Waals surface area contributed by atoms with Gasteiger partial charge in [0, 0.05) is 27.1 Å². The van der Waals surface area contributed by atoms with Gasteiger partial charge in [-0.2, -0.15) is 13.2 Å². The van der Waals surface area contributed by atoms with Crippen molar-refractivity contribution >= 4 is 17.8 Å². The van der Waals surface area contributed by atoms with Crippen LogP contribution in [0.5, 0.6) is 0 Å². The number of rotatable bonds is 8. The number of nitrogens with one attached hydrogen (secondary N) is 2. The number of carbonyl (C=O) groups is 3. The van der Waals surface area contributed by atoms with Gasteiger partial charge >= 0.3 is 12.2 Å². The van der Waals surface area contributed by atoms with Crippen molar-refractivity contribution in [2.45, 2.75) is 24.7 Å². The number of halogens is 3. The Hall–Kier alpha value is -3.86. The van der Waals surface area contributed by atoms with Gasteiger partial charge in [-0.15, -0.1) is 0 Å². The van der Waals surface area contributed by atoms with Crippen LogP contribution in [0.25, 0.3) is 0 Å². The predicted octanol–water partition coefficient (Wildman–Crippen LogP) is 2.87. The Balaban J connectivity index is 1.72. The highest BCUT2D eigenvalue weighted by Crippen LogP contribution is 2.41. The van der Waals surface area contributed by atoms with Gasteiger partial charge in [-0.1, -0.05) is 48.5 Å². The van der Waals surface area contributed by atoms with Crippen molar-refractivity contribution < 1.29 is 32.3 Å². The van der Waals surface area contributed by atoms with Crippen molar-refractivity contribution in [3.63, 3.8) is 0 Å². The second kappa shape index (κ2) is 10.6. The number of urea groups is 1. The SMILES string of the molecule is COCCNC(=O)C(Cc1ccccc1)N1CC2=C(C1=O)C(c1ccccc1C(F)(F)F)NC(=O)N2C. The summed E-state index contributed by atoms with van der Waals surface area (Å²) in [4.78, 5) is 42.3. The number of ether oxygens (including phenoxy) is 1. The molecule has 0 saturated carbocycles.